The van der Waals surface area contributed by atoms with E-state index < -0.39 is 23.3 Å². The van der Waals surface area contributed by atoms with Crippen LogP contribution in [0.1, 0.15) is 29.6 Å². The van der Waals surface area contributed by atoms with E-state index in [4.69, 9.17) is 0 Å². The number of carbonyl (C=O) groups excluding carboxylic acids is 3. The SMILES string of the molecule is COC(=O)[C@@](F)(C(=O)c1ccccc1)[C@@H]1CCC(=O)C1. The van der Waals surface area contributed by atoms with E-state index in [0.717, 1.165) is 7.11 Å². The summed E-state index contributed by atoms with van der Waals surface area (Å²) in [5.41, 5.74) is -2.69. The normalized spacial score (nSPS) is 21.3. The zero-order chi connectivity index (χ0) is 14.8. The monoisotopic (exact) mass is 278 g/mol. The fourth-order valence-corrected chi connectivity index (χ4v) is 2.55. The Morgan fingerprint density at radius 3 is 2.45 bits per heavy atom. The van der Waals surface area contributed by atoms with Gasteiger partial charge in [-0.15, -0.1) is 0 Å². The van der Waals surface area contributed by atoms with Crippen molar-refractivity contribution in [1.29, 1.82) is 0 Å². The number of rotatable bonds is 4. The summed E-state index contributed by atoms with van der Waals surface area (Å²) in [6, 6.07) is 7.75. The summed E-state index contributed by atoms with van der Waals surface area (Å²) in [6.45, 7) is 0. The molecule has 0 heterocycles. The maximum Gasteiger partial charge on any atom is 0.352 e. The molecule has 1 aromatic rings. The summed E-state index contributed by atoms with van der Waals surface area (Å²) in [5, 5.41) is 0. The Labute approximate surface area is 115 Å². The quantitative estimate of drug-likeness (QED) is 0.481. The molecule has 2 rings (SSSR count). The number of ether oxygens (including phenoxy) is 1. The number of benzene rings is 1. The van der Waals surface area contributed by atoms with Crippen LogP contribution in [0.5, 0.6) is 0 Å². The lowest BCUT2D eigenvalue weighted by atomic mass is 9.81. The molecule has 0 bridgehead atoms. The maximum absolute atomic E-state index is 15.2. The molecule has 1 fully saturated rings. The van der Waals surface area contributed by atoms with E-state index in [1.54, 1.807) is 18.2 Å². The summed E-state index contributed by atoms with van der Waals surface area (Å²) >= 11 is 0. The summed E-state index contributed by atoms with van der Waals surface area (Å²) in [7, 11) is 1.03. The van der Waals surface area contributed by atoms with Crippen molar-refractivity contribution in [2.45, 2.75) is 24.9 Å². The predicted octanol–water partition coefficient (Wildman–Crippen LogP) is 2.12. The van der Waals surface area contributed by atoms with Crippen LogP contribution in [0, 0.1) is 5.92 Å². The second-order valence-corrected chi connectivity index (χ2v) is 4.88. The minimum atomic E-state index is -2.79. The van der Waals surface area contributed by atoms with Gasteiger partial charge < -0.3 is 4.74 Å². The number of methoxy groups -OCH3 is 1. The second-order valence-electron chi connectivity index (χ2n) is 4.88. The average molecular weight is 278 g/mol. The Morgan fingerprint density at radius 1 is 1.30 bits per heavy atom. The molecule has 20 heavy (non-hydrogen) atoms. The highest BCUT2D eigenvalue weighted by molar-refractivity contribution is 6.16. The third-order valence-corrected chi connectivity index (χ3v) is 3.66. The molecule has 0 radical (unpaired) electrons. The van der Waals surface area contributed by atoms with Gasteiger partial charge in [-0.2, -0.15) is 0 Å². The van der Waals surface area contributed by atoms with Crippen LogP contribution in [0.3, 0.4) is 0 Å². The molecule has 0 N–H and O–H groups in total. The van der Waals surface area contributed by atoms with Crippen LogP contribution in [-0.2, 0) is 14.3 Å². The van der Waals surface area contributed by atoms with Gasteiger partial charge in [0.05, 0.1) is 7.11 Å². The summed E-state index contributed by atoms with van der Waals surface area (Å²) in [4.78, 5) is 35.5. The molecule has 0 aromatic heterocycles. The van der Waals surface area contributed by atoms with Crippen molar-refractivity contribution in [3.8, 4) is 0 Å². The van der Waals surface area contributed by atoms with Crippen molar-refractivity contribution in [3.05, 3.63) is 35.9 Å². The smallest absolute Gasteiger partial charge is 0.352 e. The Balaban J connectivity index is 2.39. The number of Topliss-reactive ketones (excluding diaryl/α,β-unsaturated/α-hetero) is 2. The average Bonchev–Trinajstić information content (AvgIpc) is 2.92. The van der Waals surface area contributed by atoms with Gasteiger partial charge in [-0.25, -0.2) is 9.18 Å². The number of alkyl halides is 1. The molecule has 106 valence electrons. The Morgan fingerprint density at radius 2 is 1.95 bits per heavy atom. The van der Waals surface area contributed by atoms with Crippen molar-refractivity contribution < 1.29 is 23.5 Å². The van der Waals surface area contributed by atoms with Gasteiger partial charge in [0.25, 0.3) is 5.67 Å². The first kappa shape index (κ1) is 14.4. The van der Waals surface area contributed by atoms with Crippen LogP contribution >= 0.6 is 0 Å². The van der Waals surface area contributed by atoms with Crippen molar-refractivity contribution in [1.82, 2.24) is 0 Å². The molecule has 0 spiro atoms. The van der Waals surface area contributed by atoms with Gasteiger partial charge in [0.15, 0.2) is 0 Å². The fourth-order valence-electron chi connectivity index (χ4n) is 2.55. The zero-order valence-corrected chi connectivity index (χ0v) is 11.1. The van der Waals surface area contributed by atoms with E-state index in [0.29, 0.717) is 0 Å². The van der Waals surface area contributed by atoms with Gasteiger partial charge in [0, 0.05) is 24.3 Å². The molecule has 1 aliphatic rings. The van der Waals surface area contributed by atoms with Gasteiger partial charge in [-0.1, -0.05) is 30.3 Å². The number of esters is 1. The van der Waals surface area contributed by atoms with E-state index in [9.17, 15) is 14.4 Å². The van der Waals surface area contributed by atoms with Crippen LogP contribution in [0.4, 0.5) is 4.39 Å². The summed E-state index contributed by atoms with van der Waals surface area (Å²) in [6.07, 6.45) is 0.266. The largest absolute Gasteiger partial charge is 0.466 e. The van der Waals surface area contributed by atoms with Gasteiger partial charge in [0.2, 0.25) is 5.78 Å². The Kier molecular flexibility index (Phi) is 3.97. The van der Waals surface area contributed by atoms with Crippen molar-refractivity contribution in [2.75, 3.05) is 7.11 Å². The van der Waals surface area contributed by atoms with E-state index >= 15 is 4.39 Å². The first-order chi connectivity index (χ1) is 9.50. The summed E-state index contributed by atoms with van der Waals surface area (Å²) in [5.74, 6) is -3.26. The molecular weight excluding hydrogens is 263 g/mol. The van der Waals surface area contributed by atoms with Crippen LogP contribution in [-0.4, -0.2) is 30.3 Å². The Bertz CT molecular complexity index is 540. The summed E-state index contributed by atoms with van der Waals surface area (Å²) < 4.78 is 19.6. The third kappa shape index (κ3) is 2.35. The van der Waals surface area contributed by atoms with E-state index in [1.807, 2.05) is 0 Å². The minimum absolute atomic E-state index is 0.0970. The van der Waals surface area contributed by atoms with Crippen LogP contribution in [0.2, 0.25) is 0 Å². The maximum atomic E-state index is 15.2. The third-order valence-electron chi connectivity index (χ3n) is 3.66. The molecule has 1 saturated carbocycles. The zero-order valence-electron chi connectivity index (χ0n) is 11.1. The molecule has 4 nitrogen and oxygen atoms in total. The molecule has 0 unspecified atom stereocenters. The number of hydrogen-bond acceptors (Lipinski definition) is 4. The van der Waals surface area contributed by atoms with Crippen LogP contribution in [0.25, 0.3) is 0 Å². The molecular formula is C15H15FO4. The van der Waals surface area contributed by atoms with Crippen molar-refractivity contribution in [2.24, 2.45) is 5.92 Å². The van der Waals surface area contributed by atoms with E-state index in [1.165, 1.54) is 12.1 Å². The number of hydrogen-bond donors (Lipinski definition) is 0. The topological polar surface area (TPSA) is 60.4 Å². The lowest BCUT2D eigenvalue weighted by molar-refractivity contribution is -0.154. The molecule has 0 amide bonds. The minimum Gasteiger partial charge on any atom is -0.466 e. The lowest BCUT2D eigenvalue weighted by Crippen LogP contribution is -2.49. The first-order valence-electron chi connectivity index (χ1n) is 6.39. The van der Waals surface area contributed by atoms with Crippen molar-refractivity contribution >= 4 is 17.5 Å². The number of halogens is 1. The molecule has 1 aliphatic carbocycles. The van der Waals surface area contributed by atoms with Crippen molar-refractivity contribution in [3.63, 3.8) is 0 Å². The molecule has 0 saturated heterocycles. The molecule has 5 heteroatoms. The lowest BCUT2D eigenvalue weighted by Gasteiger charge is -2.26. The number of ketones is 2. The molecule has 0 aliphatic heterocycles. The van der Waals surface area contributed by atoms with Crippen LogP contribution in [0.15, 0.2) is 30.3 Å². The highest BCUT2D eigenvalue weighted by atomic mass is 19.1. The predicted molar refractivity (Wildman–Crippen MR) is 69.0 cm³/mol. The first-order valence-corrected chi connectivity index (χ1v) is 6.39. The highest BCUT2D eigenvalue weighted by Gasteiger charge is 2.56. The fraction of sp³-hybridized carbons (Fsp3) is 0.400. The van der Waals surface area contributed by atoms with E-state index in [-0.39, 0.29) is 30.6 Å². The number of carbonyl (C=O) groups is 3. The van der Waals surface area contributed by atoms with Gasteiger partial charge in [-0.3, -0.25) is 9.59 Å². The van der Waals surface area contributed by atoms with Gasteiger partial charge in [0.1, 0.15) is 5.78 Å². The standard InChI is InChI=1S/C15H15FO4/c1-20-14(19)15(16,11-7-8-12(17)9-11)13(18)10-5-3-2-4-6-10/h2-6,11H,7-9H2,1H3/t11-,15+/m1/s1. The van der Waals surface area contributed by atoms with Gasteiger partial charge >= 0.3 is 5.97 Å². The Hall–Kier alpha value is -2.04. The van der Waals surface area contributed by atoms with Gasteiger partial charge in [-0.05, 0) is 6.42 Å². The molecule has 2 atom stereocenters. The van der Waals surface area contributed by atoms with E-state index in [2.05, 4.69) is 4.74 Å². The second kappa shape index (κ2) is 5.53. The highest BCUT2D eigenvalue weighted by Crippen LogP contribution is 2.38. The van der Waals surface area contributed by atoms with Crippen LogP contribution < -0.4 is 0 Å². The molecule has 1 aromatic carbocycles.